The molecule has 0 aliphatic carbocycles. The summed E-state index contributed by atoms with van der Waals surface area (Å²) < 4.78 is 1.67. The number of aryl methyl sites for hydroxylation is 1. The molecule has 1 N–H and O–H groups in total. The van der Waals surface area contributed by atoms with Gasteiger partial charge in [-0.3, -0.25) is 4.79 Å². The second-order valence-electron chi connectivity index (χ2n) is 4.76. The summed E-state index contributed by atoms with van der Waals surface area (Å²) in [6, 6.07) is 0.301. The lowest BCUT2D eigenvalue weighted by Gasteiger charge is -2.14. The molecule has 4 heteroatoms. The molecule has 0 saturated carbocycles. The van der Waals surface area contributed by atoms with E-state index in [2.05, 4.69) is 24.1 Å². The van der Waals surface area contributed by atoms with Gasteiger partial charge in [0.15, 0.2) is 5.82 Å². The molecule has 1 unspecified atom stereocenters. The summed E-state index contributed by atoms with van der Waals surface area (Å²) >= 11 is 0. The van der Waals surface area contributed by atoms with Crippen molar-refractivity contribution in [2.24, 2.45) is 0 Å². The number of nitrogens with one attached hydrogen (secondary N) is 1. The van der Waals surface area contributed by atoms with E-state index < -0.39 is 0 Å². The molecule has 1 atom stereocenters. The van der Waals surface area contributed by atoms with Crippen molar-refractivity contribution in [2.45, 2.75) is 65.5 Å². The average molecular weight is 251 g/mol. The van der Waals surface area contributed by atoms with E-state index in [4.69, 9.17) is 0 Å². The third-order valence-electron chi connectivity index (χ3n) is 3.13. The van der Waals surface area contributed by atoms with Crippen LogP contribution in [0.4, 0.5) is 5.82 Å². The van der Waals surface area contributed by atoms with Gasteiger partial charge in [-0.1, -0.05) is 32.6 Å². The van der Waals surface area contributed by atoms with Gasteiger partial charge in [0.05, 0.1) is 0 Å². The highest BCUT2D eigenvalue weighted by molar-refractivity contribution is 5.31. The molecule has 102 valence electrons. The molecular formula is C14H25N3O. The fourth-order valence-corrected chi connectivity index (χ4v) is 1.98. The van der Waals surface area contributed by atoms with Crippen LogP contribution in [0, 0.1) is 0 Å². The Morgan fingerprint density at radius 1 is 1.33 bits per heavy atom. The van der Waals surface area contributed by atoms with Crippen molar-refractivity contribution in [3.63, 3.8) is 0 Å². The maximum atomic E-state index is 11.9. The smallest absolute Gasteiger partial charge is 0.293 e. The summed E-state index contributed by atoms with van der Waals surface area (Å²) in [6.45, 7) is 6.96. The Morgan fingerprint density at radius 2 is 2.11 bits per heavy atom. The van der Waals surface area contributed by atoms with Gasteiger partial charge in [0, 0.05) is 25.0 Å². The second kappa shape index (κ2) is 7.90. The van der Waals surface area contributed by atoms with Crippen molar-refractivity contribution in [1.29, 1.82) is 0 Å². The predicted molar refractivity (Wildman–Crippen MR) is 76.0 cm³/mol. The highest BCUT2D eigenvalue weighted by atomic mass is 16.1. The van der Waals surface area contributed by atoms with Gasteiger partial charge in [-0.2, -0.15) is 0 Å². The Kier molecular flexibility index (Phi) is 6.47. The first kappa shape index (κ1) is 14.7. The number of aromatic nitrogens is 2. The topological polar surface area (TPSA) is 46.9 Å². The van der Waals surface area contributed by atoms with Crippen molar-refractivity contribution in [3.8, 4) is 0 Å². The standard InChI is InChI=1S/C14H25N3O/c1-4-6-7-8-9-12(3)16-13-14(18)17(5-2)11-10-15-13/h10-12H,4-9H2,1-3H3,(H,15,16). The maximum Gasteiger partial charge on any atom is 0.293 e. The molecule has 0 aliphatic heterocycles. The first-order valence-electron chi connectivity index (χ1n) is 7.01. The minimum absolute atomic E-state index is 0.0274. The van der Waals surface area contributed by atoms with E-state index in [1.165, 1.54) is 25.7 Å². The summed E-state index contributed by atoms with van der Waals surface area (Å²) in [6.07, 6.45) is 9.50. The van der Waals surface area contributed by atoms with Crippen molar-refractivity contribution >= 4 is 5.82 Å². The molecule has 0 saturated heterocycles. The molecular weight excluding hydrogens is 226 g/mol. The Labute approximate surface area is 109 Å². The van der Waals surface area contributed by atoms with Crippen molar-refractivity contribution in [3.05, 3.63) is 22.7 Å². The van der Waals surface area contributed by atoms with Crippen LogP contribution in [0.3, 0.4) is 0 Å². The molecule has 0 spiro atoms. The van der Waals surface area contributed by atoms with E-state index in [-0.39, 0.29) is 5.56 Å². The zero-order chi connectivity index (χ0) is 13.4. The van der Waals surface area contributed by atoms with E-state index in [1.807, 2.05) is 6.92 Å². The fourth-order valence-electron chi connectivity index (χ4n) is 1.98. The lowest BCUT2D eigenvalue weighted by Crippen LogP contribution is -2.27. The molecule has 1 rings (SSSR count). The summed E-state index contributed by atoms with van der Waals surface area (Å²) in [4.78, 5) is 16.1. The van der Waals surface area contributed by atoms with Crippen LogP contribution in [0.1, 0.15) is 52.9 Å². The minimum Gasteiger partial charge on any atom is -0.363 e. The van der Waals surface area contributed by atoms with Gasteiger partial charge in [-0.05, 0) is 20.3 Å². The number of nitrogens with zero attached hydrogens (tertiary/aromatic N) is 2. The van der Waals surface area contributed by atoms with Crippen molar-refractivity contribution in [2.75, 3.05) is 5.32 Å². The Balaban J connectivity index is 2.49. The molecule has 1 aromatic heterocycles. The highest BCUT2D eigenvalue weighted by Gasteiger charge is 2.07. The van der Waals surface area contributed by atoms with Crippen molar-refractivity contribution in [1.82, 2.24) is 9.55 Å². The number of hydrogen-bond acceptors (Lipinski definition) is 3. The van der Waals surface area contributed by atoms with Gasteiger partial charge in [0.1, 0.15) is 0 Å². The van der Waals surface area contributed by atoms with Gasteiger partial charge in [-0.15, -0.1) is 0 Å². The van der Waals surface area contributed by atoms with E-state index in [0.717, 1.165) is 6.42 Å². The zero-order valence-corrected chi connectivity index (χ0v) is 11.8. The van der Waals surface area contributed by atoms with Gasteiger partial charge in [-0.25, -0.2) is 4.98 Å². The van der Waals surface area contributed by atoms with Gasteiger partial charge < -0.3 is 9.88 Å². The second-order valence-corrected chi connectivity index (χ2v) is 4.76. The van der Waals surface area contributed by atoms with Gasteiger partial charge >= 0.3 is 0 Å². The quantitative estimate of drug-likeness (QED) is 0.722. The first-order chi connectivity index (χ1) is 8.69. The normalized spacial score (nSPS) is 12.4. The fraction of sp³-hybridized carbons (Fsp3) is 0.714. The van der Waals surface area contributed by atoms with Crippen LogP contribution in [-0.4, -0.2) is 15.6 Å². The molecule has 0 bridgehead atoms. The predicted octanol–water partition coefficient (Wildman–Crippen LogP) is 3.03. The molecule has 4 nitrogen and oxygen atoms in total. The molecule has 0 amide bonds. The molecule has 0 radical (unpaired) electrons. The van der Waals surface area contributed by atoms with Crippen LogP contribution in [0.5, 0.6) is 0 Å². The SMILES string of the molecule is CCCCCCC(C)Nc1nccn(CC)c1=O. The molecule has 18 heavy (non-hydrogen) atoms. The highest BCUT2D eigenvalue weighted by Crippen LogP contribution is 2.08. The van der Waals surface area contributed by atoms with Gasteiger partial charge in [0.25, 0.3) is 5.56 Å². The van der Waals surface area contributed by atoms with Crippen LogP contribution in [0.15, 0.2) is 17.2 Å². The van der Waals surface area contributed by atoms with Crippen LogP contribution < -0.4 is 10.9 Å². The Bertz CT molecular complexity index is 400. The summed E-state index contributed by atoms with van der Waals surface area (Å²) in [5.41, 5.74) is -0.0274. The third-order valence-corrected chi connectivity index (χ3v) is 3.13. The van der Waals surface area contributed by atoms with E-state index in [1.54, 1.807) is 17.0 Å². The van der Waals surface area contributed by atoms with E-state index in [9.17, 15) is 4.79 Å². The number of anilines is 1. The molecule has 1 aromatic rings. The summed E-state index contributed by atoms with van der Waals surface area (Å²) in [7, 11) is 0. The lowest BCUT2D eigenvalue weighted by molar-refractivity contribution is 0.591. The summed E-state index contributed by atoms with van der Waals surface area (Å²) in [5.74, 6) is 0.474. The monoisotopic (exact) mass is 251 g/mol. The number of rotatable bonds is 8. The van der Waals surface area contributed by atoms with Crippen LogP contribution >= 0.6 is 0 Å². The minimum atomic E-state index is -0.0274. The average Bonchev–Trinajstić information content (AvgIpc) is 2.37. The van der Waals surface area contributed by atoms with Crippen molar-refractivity contribution < 1.29 is 0 Å². The third kappa shape index (κ3) is 4.51. The Morgan fingerprint density at radius 3 is 2.78 bits per heavy atom. The number of hydrogen-bond donors (Lipinski definition) is 1. The molecule has 1 heterocycles. The van der Waals surface area contributed by atoms with E-state index >= 15 is 0 Å². The van der Waals surface area contributed by atoms with Gasteiger partial charge in [0.2, 0.25) is 0 Å². The zero-order valence-electron chi connectivity index (χ0n) is 11.8. The largest absolute Gasteiger partial charge is 0.363 e. The number of unbranched alkanes of at least 4 members (excludes halogenated alkanes) is 3. The summed E-state index contributed by atoms with van der Waals surface area (Å²) in [5, 5.41) is 3.22. The Hall–Kier alpha value is -1.32. The first-order valence-corrected chi connectivity index (χ1v) is 7.01. The lowest BCUT2D eigenvalue weighted by atomic mass is 10.1. The van der Waals surface area contributed by atoms with Crippen LogP contribution in [-0.2, 0) is 6.54 Å². The molecule has 0 aromatic carbocycles. The molecule has 0 fully saturated rings. The van der Waals surface area contributed by atoms with Crippen LogP contribution in [0.25, 0.3) is 0 Å². The maximum absolute atomic E-state index is 11.9. The van der Waals surface area contributed by atoms with E-state index in [0.29, 0.717) is 18.4 Å². The van der Waals surface area contributed by atoms with Crippen LogP contribution in [0.2, 0.25) is 0 Å². The molecule has 0 aliphatic rings.